The van der Waals surface area contributed by atoms with Crippen molar-refractivity contribution in [1.82, 2.24) is 15.5 Å². The van der Waals surface area contributed by atoms with Crippen LogP contribution in [0.1, 0.15) is 18.6 Å². The van der Waals surface area contributed by atoms with E-state index in [-0.39, 0.29) is 30.5 Å². The van der Waals surface area contributed by atoms with Crippen LogP contribution in [0.5, 0.6) is 17.2 Å². The van der Waals surface area contributed by atoms with Gasteiger partial charge in [0, 0.05) is 31.3 Å². The molecule has 0 spiro atoms. The molecule has 0 amide bonds. The number of methoxy groups -OCH3 is 3. The summed E-state index contributed by atoms with van der Waals surface area (Å²) in [4.78, 5) is 8.57. The van der Waals surface area contributed by atoms with Gasteiger partial charge in [0.15, 0.2) is 23.3 Å². The van der Waals surface area contributed by atoms with Crippen LogP contribution in [0.15, 0.2) is 21.6 Å². The van der Waals surface area contributed by atoms with Crippen LogP contribution < -0.4 is 24.8 Å². The van der Waals surface area contributed by atoms with Gasteiger partial charge >= 0.3 is 0 Å². The molecular formula is C16H24IN5O4. The van der Waals surface area contributed by atoms with Crippen molar-refractivity contribution >= 4 is 35.6 Å². The molecule has 1 aromatic heterocycles. The zero-order chi connectivity index (χ0) is 18.2. The SMILES string of the molecule is CCNC(=NCc1noc(C)n1)Nc1cc(OC)c(OC)c(OC)c1.I. The highest BCUT2D eigenvalue weighted by Crippen LogP contribution is 2.39. The molecule has 0 fully saturated rings. The smallest absolute Gasteiger partial charge is 0.223 e. The van der Waals surface area contributed by atoms with Crippen LogP contribution in [0.4, 0.5) is 5.69 Å². The van der Waals surface area contributed by atoms with Crippen molar-refractivity contribution in [2.75, 3.05) is 33.2 Å². The zero-order valence-corrected chi connectivity index (χ0v) is 17.8. The maximum Gasteiger partial charge on any atom is 0.223 e. The van der Waals surface area contributed by atoms with E-state index < -0.39 is 0 Å². The summed E-state index contributed by atoms with van der Waals surface area (Å²) >= 11 is 0. The highest BCUT2D eigenvalue weighted by Gasteiger charge is 2.14. The second-order valence-corrected chi connectivity index (χ2v) is 4.96. The van der Waals surface area contributed by atoms with Crippen molar-refractivity contribution in [3.8, 4) is 17.2 Å². The number of halogens is 1. The van der Waals surface area contributed by atoms with Gasteiger partial charge in [0.25, 0.3) is 0 Å². The lowest BCUT2D eigenvalue weighted by atomic mass is 10.2. The Morgan fingerprint density at radius 3 is 2.27 bits per heavy atom. The minimum atomic E-state index is 0. The first-order valence-electron chi connectivity index (χ1n) is 7.75. The third kappa shape index (κ3) is 5.64. The first kappa shape index (κ1) is 21.8. The molecule has 0 saturated carbocycles. The molecule has 1 heterocycles. The number of hydrogen-bond acceptors (Lipinski definition) is 7. The van der Waals surface area contributed by atoms with E-state index in [9.17, 15) is 0 Å². The van der Waals surface area contributed by atoms with E-state index in [4.69, 9.17) is 18.7 Å². The Morgan fingerprint density at radius 1 is 1.15 bits per heavy atom. The van der Waals surface area contributed by atoms with Gasteiger partial charge < -0.3 is 29.4 Å². The number of anilines is 1. The number of rotatable bonds is 7. The molecule has 10 heteroatoms. The molecule has 2 N–H and O–H groups in total. The van der Waals surface area contributed by atoms with Crippen molar-refractivity contribution in [1.29, 1.82) is 0 Å². The van der Waals surface area contributed by atoms with Gasteiger partial charge in [0.1, 0.15) is 6.54 Å². The van der Waals surface area contributed by atoms with Crippen LogP contribution >= 0.6 is 24.0 Å². The fourth-order valence-electron chi connectivity index (χ4n) is 2.15. The predicted molar refractivity (Wildman–Crippen MR) is 109 cm³/mol. The summed E-state index contributed by atoms with van der Waals surface area (Å²) in [7, 11) is 4.70. The number of guanidine groups is 1. The Labute approximate surface area is 169 Å². The molecule has 26 heavy (non-hydrogen) atoms. The molecule has 0 atom stereocenters. The monoisotopic (exact) mass is 477 g/mol. The van der Waals surface area contributed by atoms with Crippen LogP contribution in [-0.2, 0) is 6.54 Å². The fraction of sp³-hybridized carbons (Fsp3) is 0.438. The molecule has 2 aromatic rings. The minimum Gasteiger partial charge on any atom is -0.493 e. The molecule has 0 aliphatic carbocycles. The quantitative estimate of drug-likeness (QED) is 0.357. The molecule has 0 aliphatic heterocycles. The zero-order valence-electron chi connectivity index (χ0n) is 15.5. The van der Waals surface area contributed by atoms with E-state index in [2.05, 4.69) is 25.8 Å². The summed E-state index contributed by atoms with van der Waals surface area (Å²) in [6, 6.07) is 3.60. The second-order valence-electron chi connectivity index (χ2n) is 4.96. The van der Waals surface area contributed by atoms with Crippen LogP contribution in [0.3, 0.4) is 0 Å². The van der Waals surface area contributed by atoms with Crippen molar-refractivity contribution < 1.29 is 18.7 Å². The van der Waals surface area contributed by atoms with Gasteiger partial charge in [0.05, 0.1) is 21.3 Å². The molecule has 2 rings (SSSR count). The van der Waals surface area contributed by atoms with E-state index in [1.807, 2.05) is 6.92 Å². The van der Waals surface area contributed by atoms with Gasteiger partial charge in [-0.25, -0.2) is 4.99 Å². The van der Waals surface area contributed by atoms with Gasteiger partial charge in [-0.1, -0.05) is 5.16 Å². The topological polar surface area (TPSA) is 103 Å². The number of nitrogens with one attached hydrogen (secondary N) is 2. The molecular weight excluding hydrogens is 453 g/mol. The number of aromatic nitrogens is 2. The summed E-state index contributed by atoms with van der Waals surface area (Å²) in [5.41, 5.74) is 0.735. The number of ether oxygens (including phenoxy) is 3. The number of aliphatic imine (C=N–C) groups is 1. The highest BCUT2D eigenvalue weighted by molar-refractivity contribution is 14.0. The maximum absolute atomic E-state index is 5.36. The summed E-state index contributed by atoms with van der Waals surface area (Å²) in [5, 5.41) is 10.2. The summed E-state index contributed by atoms with van der Waals surface area (Å²) < 4.78 is 21.0. The Balaban J connectivity index is 0.00000338. The molecule has 9 nitrogen and oxygen atoms in total. The number of nitrogens with zero attached hydrogens (tertiary/aromatic N) is 3. The molecule has 144 valence electrons. The van der Waals surface area contributed by atoms with Gasteiger partial charge in [-0.3, -0.25) is 0 Å². The van der Waals surface area contributed by atoms with E-state index >= 15 is 0 Å². The minimum absolute atomic E-state index is 0. The average molecular weight is 477 g/mol. The van der Waals surface area contributed by atoms with Gasteiger partial charge in [-0.15, -0.1) is 24.0 Å². The lowest BCUT2D eigenvalue weighted by Crippen LogP contribution is -2.30. The van der Waals surface area contributed by atoms with Crippen LogP contribution in [0, 0.1) is 6.92 Å². The second kappa shape index (κ2) is 10.7. The third-order valence-electron chi connectivity index (χ3n) is 3.22. The number of benzene rings is 1. The van der Waals surface area contributed by atoms with Crippen molar-refractivity contribution in [2.45, 2.75) is 20.4 Å². The Morgan fingerprint density at radius 2 is 1.81 bits per heavy atom. The molecule has 0 unspecified atom stereocenters. The first-order chi connectivity index (χ1) is 12.1. The molecule has 0 radical (unpaired) electrons. The standard InChI is InChI=1S/C16H23N5O4.HI/c1-6-17-16(18-9-14-19-10(2)25-21-14)20-11-7-12(22-3)15(24-5)13(8-11)23-4;/h7-8H,6,9H2,1-5H3,(H2,17,18,20);1H. The Hall–Kier alpha value is -2.24. The molecule has 0 aliphatic rings. The summed E-state index contributed by atoms with van der Waals surface area (Å²) in [6.07, 6.45) is 0. The van der Waals surface area contributed by atoms with Crippen LogP contribution in [0.2, 0.25) is 0 Å². The fourth-order valence-corrected chi connectivity index (χ4v) is 2.15. The van der Waals surface area contributed by atoms with E-state index in [1.54, 1.807) is 40.4 Å². The lowest BCUT2D eigenvalue weighted by molar-refractivity contribution is 0.324. The van der Waals surface area contributed by atoms with E-state index in [0.29, 0.717) is 41.5 Å². The van der Waals surface area contributed by atoms with E-state index in [1.165, 1.54) is 0 Å². The van der Waals surface area contributed by atoms with E-state index in [0.717, 1.165) is 5.69 Å². The molecule has 0 bridgehead atoms. The number of aryl methyl sites for hydroxylation is 1. The lowest BCUT2D eigenvalue weighted by Gasteiger charge is -2.16. The van der Waals surface area contributed by atoms with Gasteiger partial charge in [-0.2, -0.15) is 4.98 Å². The average Bonchev–Trinajstić information content (AvgIpc) is 3.04. The van der Waals surface area contributed by atoms with Crippen molar-refractivity contribution in [2.24, 2.45) is 4.99 Å². The Bertz CT molecular complexity index is 710. The predicted octanol–water partition coefficient (Wildman–Crippen LogP) is 2.60. The largest absolute Gasteiger partial charge is 0.493 e. The van der Waals surface area contributed by atoms with Gasteiger partial charge in [0.2, 0.25) is 11.6 Å². The summed E-state index contributed by atoms with van der Waals surface area (Å²) in [5.74, 6) is 3.22. The highest BCUT2D eigenvalue weighted by atomic mass is 127. The molecule has 0 saturated heterocycles. The first-order valence-corrected chi connectivity index (χ1v) is 7.75. The van der Waals surface area contributed by atoms with Crippen LogP contribution in [-0.4, -0.2) is 44.0 Å². The normalized spacial score (nSPS) is 10.7. The molecule has 1 aromatic carbocycles. The van der Waals surface area contributed by atoms with Crippen molar-refractivity contribution in [3.63, 3.8) is 0 Å². The summed E-state index contributed by atoms with van der Waals surface area (Å²) in [6.45, 7) is 4.70. The van der Waals surface area contributed by atoms with Crippen LogP contribution in [0.25, 0.3) is 0 Å². The third-order valence-corrected chi connectivity index (χ3v) is 3.22. The van der Waals surface area contributed by atoms with Crippen molar-refractivity contribution in [3.05, 3.63) is 23.8 Å². The Kier molecular flexibility index (Phi) is 8.96. The van der Waals surface area contributed by atoms with Gasteiger partial charge in [-0.05, 0) is 6.92 Å². The maximum atomic E-state index is 5.36. The number of hydrogen-bond donors (Lipinski definition) is 2.